The zero-order valence-corrected chi connectivity index (χ0v) is 56.4. The summed E-state index contributed by atoms with van der Waals surface area (Å²) >= 11 is 0. The van der Waals surface area contributed by atoms with E-state index in [2.05, 4.69) is 38.4 Å². The van der Waals surface area contributed by atoms with Crippen LogP contribution in [0.3, 0.4) is 0 Å². The second-order valence-corrected chi connectivity index (χ2v) is 25.3. The molecule has 0 N–H and O–H groups in total. The van der Waals surface area contributed by atoms with Gasteiger partial charge >= 0.3 is 11.9 Å². The number of unbranched alkanes of at least 4 members (excludes halogenated alkanes) is 3. The number of hydrogen-bond donors (Lipinski definition) is 0. The zero-order chi connectivity index (χ0) is 67.2. The quantitative estimate of drug-likeness (QED) is 0.0183. The molecule has 0 radical (unpaired) electrons. The molecule has 92 heavy (non-hydrogen) atoms. The third-order valence-corrected chi connectivity index (χ3v) is 18.6. The van der Waals surface area contributed by atoms with Gasteiger partial charge in [-0.2, -0.15) is 0 Å². The molecular formula is C68H88N2O20S2. The van der Waals surface area contributed by atoms with Gasteiger partial charge in [0.2, 0.25) is 11.5 Å². The molecule has 502 valence electrons. The second kappa shape index (κ2) is 34.1. The van der Waals surface area contributed by atoms with Gasteiger partial charge in [0, 0.05) is 36.8 Å². The average Bonchev–Trinajstić information content (AvgIpc) is 0.778. The van der Waals surface area contributed by atoms with Crippen LogP contribution >= 0.6 is 0 Å². The molecule has 2 unspecified atom stereocenters. The molecule has 6 aromatic carbocycles. The fraction of sp³-hybridized carbons (Fsp3) is 0.441. The average molecular weight is 1320 g/mol. The summed E-state index contributed by atoms with van der Waals surface area (Å²) in [4.78, 5) is 26.2. The van der Waals surface area contributed by atoms with Crippen LogP contribution in [0.15, 0.2) is 119 Å². The van der Waals surface area contributed by atoms with E-state index in [0.29, 0.717) is 106 Å². The number of hydrogen-bond acceptors (Lipinski definition) is 20. The van der Waals surface area contributed by atoms with Gasteiger partial charge in [0.1, 0.15) is 32.3 Å². The minimum Gasteiger partial charge on any atom is -0.744 e. The number of nitrogens with zero attached hydrogens (tertiary/aromatic N) is 2. The molecule has 24 heteroatoms. The van der Waals surface area contributed by atoms with E-state index in [9.17, 15) is 35.5 Å². The van der Waals surface area contributed by atoms with Crippen LogP contribution in [0.5, 0.6) is 57.5 Å². The topological polar surface area (TPSA) is 259 Å². The summed E-state index contributed by atoms with van der Waals surface area (Å²) in [5.41, 5.74) is 6.72. The number of likely N-dealkylation sites (N-methyl/N-ethyl adjacent to an activating group) is 2. The number of carbonyl (C=O) groups excluding carboxylic acids is 2. The Labute approximate surface area is 541 Å². The first-order valence-corrected chi connectivity index (χ1v) is 32.9. The Kier molecular flexibility index (Phi) is 27.0. The van der Waals surface area contributed by atoms with Gasteiger partial charge < -0.3 is 74.9 Å². The highest BCUT2D eigenvalue weighted by Gasteiger charge is 2.42. The Morgan fingerprint density at radius 3 is 1.00 bits per heavy atom. The van der Waals surface area contributed by atoms with Crippen LogP contribution in [-0.4, -0.2) is 171 Å². The van der Waals surface area contributed by atoms with Gasteiger partial charge in [0.15, 0.2) is 46.0 Å². The number of quaternary nitrogens is 2. The lowest BCUT2D eigenvalue weighted by Gasteiger charge is -2.46. The monoisotopic (exact) mass is 1320 g/mol. The highest BCUT2D eigenvalue weighted by atomic mass is 32.2. The Morgan fingerprint density at radius 2 is 0.728 bits per heavy atom. The van der Waals surface area contributed by atoms with Crippen molar-refractivity contribution in [2.75, 3.05) is 125 Å². The number of methoxy groups -OCH3 is 10. The van der Waals surface area contributed by atoms with Crippen molar-refractivity contribution in [3.63, 3.8) is 0 Å². The lowest BCUT2D eigenvalue weighted by Crippen LogP contribution is -2.53. The first kappa shape index (κ1) is 73.1. The molecule has 2 heterocycles. The zero-order valence-electron chi connectivity index (χ0n) is 54.7. The van der Waals surface area contributed by atoms with Gasteiger partial charge in [-0.3, -0.25) is 9.59 Å². The molecule has 0 aromatic heterocycles. The maximum absolute atomic E-state index is 13.3. The number of benzene rings is 6. The maximum Gasteiger partial charge on any atom is 0.311 e. The van der Waals surface area contributed by atoms with E-state index < -0.39 is 20.2 Å². The minimum absolute atomic E-state index is 0.0166. The van der Waals surface area contributed by atoms with Crippen LogP contribution in [0.1, 0.15) is 84.0 Å². The van der Waals surface area contributed by atoms with E-state index in [-0.39, 0.29) is 46.7 Å². The standard InChI is InChI=1S/C56H78N2O14.2C6H6O3S/c1-57(21-17-39-33-45(61-3)47(63-5)35-41(39)43(57)27-37-29-49(65-7)55(69-11)50(30-37)66-8)23-19-53(59)71-25-15-13-14-16-26-72-54(60)20-24-58(2)22-18-40-34-46(62-4)48(64-6)36-42(40)44(58)28-38-31-51(67-9)56(70-12)52(32-38)68-10;2*7-10(8,9)6-4-2-1-3-5-6/h29-36,43-44H,13-28H2,1-12H3;2*1-5H,(H,7,8,9)/q+2;;/p-2/t43-,44-,57?,58?;;/m1../s1. The Morgan fingerprint density at radius 1 is 0.424 bits per heavy atom. The first-order valence-electron chi connectivity index (χ1n) is 30.1. The molecule has 8 rings (SSSR count). The molecule has 2 aliphatic heterocycles. The number of fused-ring (bicyclic) bond motifs is 2. The molecule has 0 amide bonds. The summed E-state index contributed by atoms with van der Waals surface area (Å²) in [7, 11) is 12.2. The largest absolute Gasteiger partial charge is 0.744 e. The Hall–Kier alpha value is -8.00. The lowest BCUT2D eigenvalue weighted by atomic mass is 9.86. The normalized spacial score (nSPS) is 17.3. The molecule has 22 nitrogen and oxygen atoms in total. The van der Waals surface area contributed by atoms with E-state index in [1.807, 2.05) is 24.3 Å². The van der Waals surface area contributed by atoms with Crippen molar-refractivity contribution in [1.82, 2.24) is 0 Å². The fourth-order valence-electron chi connectivity index (χ4n) is 11.8. The molecule has 2 aliphatic rings. The fourth-order valence-corrected chi connectivity index (χ4v) is 12.7. The van der Waals surface area contributed by atoms with E-state index in [4.69, 9.17) is 56.8 Å². The van der Waals surface area contributed by atoms with Crippen molar-refractivity contribution in [3.05, 3.63) is 143 Å². The van der Waals surface area contributed by atoms with Crippen molar-refractivity contribution in [2.45, 2.75) is 86.1 Å². The Bertz CT molecular complexity index is 3340. The Balaban J connectivity index is 0.000000567. The van der Waals surface area contributed by atoms with Crippen molar-refractivity contribution in [1.29, 1.82) is 0 Å². The lowest BCUT2D eigenvalue weighted by molar-refractivity contribution is -0.940. The molecule has 4 atom stereocenters. The van der Waals surface area contributed by atoms with Gasteiger partial charge in [-0.25, -0.2) is 16.8 Å². The third-order valence-electron chi connectivity index (χ3n) is 16.9. The van der Waals surface area contributed by atoms with Crippen LogP contribution in [0.25, 0.3) is 0 Å². The molecule has 0 fully saturated rings. The third kappa shape index (κ3) is 19.3. The van der Waals surface area contributed by atoms with E-state index in [0.717, 1.165) is 73.9 Å². The van der Waals surface area contributed by atoms with Gasteiger partial charge in [-0.1, -0.05) is 36.4 Å². The summed E-state index contributed by atoms with van der Waals surface area (Å²) in [5, 5.41) is 0. The highest BCUT2D eigenvalue weighted by molar-refractivity contribution is 7.86. The van der Waals surface area contributed by atoms with Crippen LogP contribution in [0.2, 0.25) is 0 Å². The minimum atomic E-state index is -4.25. The summed E-state index contributed by atoms with van der Waals surface area (Å²) in [5.74, 6) is 5.70. The predicted molar refractivity (Wildman–Crippen MR) is 342 cm³/mol. The first-order chi connectivity index (χ1) is 44.0. The van der Waals surface area contributed by atoms with Gasteiger partial charge in [0.25, 0.3) is 0 Å². The van der Waals surface area contributed by atoms with Gasteiger partial charge in [0.05, 0.1) is 147 Å². The van der Waals surface area contributed by atoms with Crippen LogP contribution in [-0.2, 0) is 65.0 Å². The van der Waals surface area contributed by atoms with Crippen LogP contribution in [0.4, 0.5) is 0 Å². The molecule has 6 aromatic rings. The molecule has 0 aliphatic carbocycles. The van der Waals surface area contributed by atoms with Crippen molar-refractivity contribution in [2.24, 2.45) is 0 Å². The molecule has 0 bridgehead atoms. The molecule has 0 saturated carbocycles. The summed E-state index contributed by atoms with van der Waals surface area (Å²) < 4.78 is 131. The van der Waals surface area contributed by atoms with Crippen molar-refractivity contribution in [3.8, 4) is 57.5 Å². The van der Waals surface area contributed by atoms with Crippen molar-refractivity contribution < 1.29 is 101 Å². The molecular weight excluding hydrogens is 1230 g/mol. The maximum atomic E-state index is 13.3. The number of esters is 2. The molecule has 0 spiro atoms. The summed E-state index contributed by atoms with van der Waals surface area (Å²) in [6.45, 7) is 3.52. The number of ether oxygens (including phenoxy) is 12. The van der Waals surface area contributed by atoms with Crippen LogP contribution in [0, 0.1) is 0 Å². The summed E-state index contributed by atoms with van der Waals surface area (Å²) in [6.07, 6.45) is 6.65. The number of rotatable bonds is 29. The predicted octanol–water partition coefficient (Wildman–Crippen LogP) is 9.65. The van der Waals surface area contributed by atoms with Crippen molar-refractivity contribution >= 4 is 32.2 Å². The highest BCUT2D eigenvalue weighted by Crippen LogP contribution is 2.47. The van der Waals surface area contributed by atoms with E-state index in [1.165, 1.54) is 59.7 Å². The van der Waals surface area contributed by atoms with E-state index in [1.54, 1.807) is 83.2 Å². The SMILES string of the molecule is COc1cc2c(cc1OC)[C@@H](Cc1cc(OC)c(OC)c(OC)c1)[N+](C)(CCC(=O)OCCCCCCOC(=O)CC[N+]1(C)CCc3cc(OC)c(OC)cc3[C@H]1Cc1cc(OC)c(OC)c(OC)c1)CC2.O=S(=O)([O-])c1ccccc1.O=S(=O)([O-])c1ccccc1. The van der Waals surface area contributed by atoms with Gasteiger partial charge in [-0.05, 0) is 121 Å². The smallest absolute Gasteiger partial charge is 0.311 e. The van der Waals surface area contributed by atoms with E-state index >= 15 is 0 Å². The number of carbonyl (C=O) groups is 2. The van der Waals surface area contributed by atoms with Gasteiger partial charge in [-0.15, -0.1) is 0 Å². The second-order valence-electron chi connectivity index (χ2n) is 22.6. The van der Waals surface area contributed by atoms with Crippen LogP contribution < -0.4 is 47.4 Å². The summed E-state index contributed by atoms with van der Waals surface area (Å²) in [6, 6.07) is 30.6. The molecule has 0 saturated heterocycles.